The fourth-order valence-corrected chi connectivity index (χ4v) is 5.28. The number of hydrogen-bond acceptors (Lipinski definition) is 4. The fourth-order valence-electron chi connectivity index (χ4n) is 3.55. The van der Waals surface area contributed by atoms with Crippen molar-refractivity contribution >= 4 is 39.1 Å². The zero-order valence-corrected chi connectivity index (χ0v) is 20.6. The third-order valence-electron chi connectivity index (χ3n) is 5.44. The molecule has 6 nitrogen and oxygen atoms in total. The number of nitrogens with zero attached hydrogens (tertiary/aromatic N) is 2. The van der Waals surface area contributed by atoms with Gasteiger partial charge in [-0.2, -0.15) is 4.31 Å². The summed E-state index contributed by atoms with van der Waals surface area (Å²) in [5.41, 5.74) is 1.83. The van der Waals surface area contributed by atoms with Crippen LogP contribution in [0.1, 0.15) is 31.4 Å². The van der Waals surface area contributed by atoms with E-state index in [1.165, 1.54) is 4.31 Å². The van der Waals surface area contributed by atoms with Crippen molar-refractivity contribution in [2.75, 3.05) is 26.3 Å². The third kappa shape index (κ3) is 6.23. The number of carbonyl (C=O) groups is 1. The maximum absolute atomic E-state index is 12.9. The SMILES string of the molecule is CC(C)N(Cc1ccc(Cl)c(Cl)c1)C(=O)CCc1ccc(S(=O)(=O)N2CCOCC2)cc1. The Labute approximate surface area is 200 Å². The van der Waals surface area contributed by atoms with Gasteiger partial charge < -0.3 is 9.64 Å². The normalized spacial score (nSPS) is 15.2. The van der Waals surface area contributed by atoms with Gasteiger partial charge in [0.15, 0.2) is 0 Å². The number of amides is 1. The Hall–Kier alpha value is -1.64. The summed E-state index contributed by atoms with van der Waals surface area (Å²) < 4.78 is 32.2. The minimum atomic E-state index is -3.52. The highest BCUT2D eigenvalue weighted by molar-refractivity contribution is 7.89. The summed E-state index contributed by atoms with van der Waals surface area (Å²) >= 11 is 12.1. The maximum Gasteiger partial charge on any atom is 0.243 e. The van der Waals surface area contributed by atoms with Gasteiger partial charge in [0, 0.05) is 32.1 Å². The van der Waals surface area contributed by atoms with Crippen molar-refractivity contribution in [3.8, 4) is 0 Å². The lowest BCUT2D eigenvalue weighted by atomic mass is 10.1. The fraction of sp³-hybridized carbons (Fsp3) is 0.435. The second kappa shape index (κ2) is 11.0. The Morgan fingerprint density at radius 2 is 1.66 bits per heavy atom. The molecule has 0 unspecified atom stereocenters. The molecule has 1 fully saturated rings. The third-order valence-corrected chi connectivity index (χ3v) is 8.09. The summed E-state index contributed by atoms with van der Waals surface area (Å²) in [6.07, 6.45) is 0.858. The first-order valence-corrected chi connectivity index (χ1v) is 12.8. The quantitative estimate of drug-likeness (QED) is 0.541. The smallest absolute Gasteiger partial charge is 0.243 e. The Morgan fingerprint density at radius 1 is 1.03 bits per heavy atom. The van der Waals surface area contributed by atoms with Crippen molar-refractivity contribution in [2.45, 2.75) is 44.2 Å². The summed E-state index contributed by atoms with van der Waals surface area (Å²) in [6, 6.07) is 12.2. The summed E-state index contributed by atoms with van der Waals surface area (Å²) in [7, 11) is -3.52. The minimum Gasteiger partial charge on any atom is -0.379 e. The van der Waals surface area contributed by atoms with Gasteiger partial charge in [-0.1, -0.05) is 41.4 Å². The molecule has 0 spiro atoms. The van der Waals surface area contributed by atoms with E-state index in [0.717, 1.165) is 11.1 Å². The summed E-state index contributed by atoms with van der Waals surface area (Å²) in [6.45, 7) is 5.94. The molecule has 1 aliphatic rings. The van der Waals surface area contributed by atoms with Gasteiger partial charge in [-0.3, -0.25) is 4.79 Å². The maximum atomic E-state index is 12.9. The first-order chi connectivity index (χ1) is 15.2. The number of benzene rings is 2. The van der Waals surface area contributed by atoms with E-state index in [1.807, 2.05) is 19.9 Å². The zero-order chi connectivity index (χ0) is 23.3. The van der Waals surface area contributed by atoms with E-state index in [0.29, 0.717) is 55.7 Å². The Kier molecular flexibility index (Phi) is 8.58. The number of ether oxygens (including phenoxy) is 1. The van der Waals surface area contributed by atoms with Crippen LogP contribution < -0.4 is 0 Å². The number of rotatable bonds is 8. The molecule has 2 aromatic rings. The number of morpholine rings is 1. The average molecular weight is 499 g/mol. The standard InChI is InChI=1S/C23H28Cl2N2O4S/c1-17(2)27(16-19-5-9-21(24)22(25)15-19)23(28)10-6-18-3-7-20(8-4-18)32(29,30)26-11-13-31-14-12-26/h3-5,7-9,15,17H,6,10-14,16H2,1-2H3. The molecule has 0 aromatic heterocycles. The van der Waals surface area contributed by atoms with Gasteiger partial charge in [0.05, 0.1) is 28.2 Å². The molecule has 0 aliphatic carbocycles. The van der Waals surface area contributed by atoms with Crippen LogP contribution in [-0.2, 0) is 32.5 Å². The van der Waals surface area contributed by atoms with Gasteiger partial charge in [-0.25, -0.2) is 8.42 Å². The minimum absolute atomic E-state index is 0.0242. The predicted octanol–water partition coefficient (Wildman–Crippen LogP) is 4.38. The van der Waals surface area contributed by atoms with Crippen molar-refractivity contribution in [3.63, 3.8) is 0 Å². The lowest BCUT2D eigenvalue weighted by Crippen LogP contribution is -2.40. The van der Waals surface area contributed by atoms with Crippen LogP contribution in [0.3, 0.4) is 0 Å². The van der Waals surface area contributed by atoms with Crippen LogP contribution in [-0.4, -0.2) is 55.9 Å². The van der Waals surface area contributed by atoms with E-state index in [1.54, 1.807) is 41.3 Å². The molecular weight excluding hydrogens is 471 g/mol. The van der Waals surface area contributed by atoms with Crippen LogP contribution >= 0.6 is 23.2 Å². The first kappa shape index (κ1) is 25.0. The first-order valence-electron chi connectivity index (χ1n) is 10.6. The summed E-state index contributed by atoms with van der Waals surface area (Å²) in [4.78, 5) is 15.0. The van der Waals surface area contributed by atoms with Crippen LogP contribution in [0.5, 0.6) is 0 Å². The molecule has 1 aliphatic heterocycles. The largest absolute Gasteiger partial charge is 0.379 e. The molecule has 2 aromatic carbocycles. The molecule has 32 heavy (non-hydrogen) atoms. The number of aryl methyl sites for hydroxylation is 1. The molecule has 0 radical (unpaired) electrons. The van der Waals surface area contributed by atoms with Crippen molar-refractivity contribution in [2.24, 2.45) is 0 Å². The van der Waals surface area contributed by atoms with Crippen molar-refractivity contribution < 1.29 is 17.9 Å². The molecule has 0 atom stereocenters. The van der Waals surface area contributed by atoms with Crippen LogP contribution in [0, 0.1) is 0 Å². The molecule has 0 bridgehead atoms. The van der Waals surface area contributed by atoms with E-state index in [-0.39, 0.29) is 16.8 Å². The van der Waals surface area contributed by atoms with Crippen molar-refractivity contribution in [3.05, 3.63) is 63.6 Å². The van der Waals surface area contributed by atoms with E-state index >= 15 is 0 Å². The summed E-state index contributed by atoms with van der Waals surface area (Å²) in [5.74, 6) is 0.0242. The second-order valence-electron chi connectivity index (χ2n) is 8.02. The van der Waals surface area contributed by atoms with Gasteiger partial charge in [0.25, 0.3) is 0 Å². The van der Waals surface area contributed by atoms with E-state index in [2.05, 4.69) is 0 Å². The Balaban J connectivity index is 1.61. The number of hydrogen-bond donors (Lipinski definition) is 0. The molecule has 1 saturated heterocycles. The van der Waals surface area contributed by atoms with E-state index < -0.39 is 10.0 Å². The Bertz CT molecular complexity index is 1040. The highest BCUT2D eigenvalue weighted by Gasteiger charge is 2.26. The van der Waals surface area contributed by atoms with Gasteiger partial charge in [0.1, 0.15) is 0 Å². The highest BCUT2D eigenvalue weighted by atomic mass is 35.5. The molecule has 1 heterocycles. The van der Waals surface area contributed by atoms with Crippen molar-refractivity contribution in [1.29, 1.82) is 0 Å². The molecule has 174 valence electrons. The number of sulfonamides is 1. The van der Waals surface area contributed by atoms with E-state index in [4.69, 9.17) is 27.9 Å². The number of halogens is 2. The molecule has 0 saturated carbocycles. The molecule has 0 N–H and O–H groups in total. The predicted molar refractivity (Wildman–Crippen MR) is 126 cm³/mol. The second-order valence-corrected chi connectivity index (χ2v) is 10.8. The van der Waals surface area contributed by atoms with Crippen LogP contribution in [0.4, 0.5) is 0 Å². The van der Waals surface area contributed by atoms with Crippen LogP contribution in [0.15, 0.2) is 47.4 Å². The van der Waals surface area contributed by atoms with E-state index in [9.17, 15) is 13.2 Å². The Morgan fingerprint density at radius 3 is 2.25 bits per heavy atom. The lowest BCUT2D eigenvalue weighted by Gasteiger charge is -2.27. The lowest BCUT2D eigenvalue weighted by molar-refractivity contribution is -0.133. The number of carbonyl (C=O) groups excluding carboxylic acids is 1. The van der Waals surface area contributed by atoms with Crippen LogP contribution in [0.25, 0.3) is 0 Å². The molecule has 3 rings (SSSR count). The molecule has 9 heteroatoms. The molecular formula is C23H28Cl2N2O4S. The molecule has 1 amide bonds. The average Bonchev–Trinajstić information content (AvgIpc) is 2.78. The van der Waals surface area contributed by atoms with Gasteiger partial charge in [-0.05, 0) is 55.7 Å². The monoisotopic (exact) mass is 498 g/mol. The van der Waals surface area contributed by atoms with Gasteiger partial charge in [0.2, 0.25) is 15.9 Å². The van der Waals surface area contributed by atoms with Gasteiger partial charge in [-0.15, -0.1) is 0 Å². The topological polar surface area (TPSA) is 66.9 Å². The zero-order valence-electron chi connectivity index (χ0n) is 18.3. The van der Waals surface area contributed by atoms with Crippen molar-refractivity contribution in [1.82, 2.24) is 9.21 Å². The highest BCUT2D eigenvalue weighted by Crippen LogP contribution is 2.24. The van der Waals surface area contributed by atoms with Crippen LogP contribution in [0.2, 0.25) is 10.0 Å². The summed E-state index contributed by atoms with van der Waals surface area (Å²) in [5, 5.41) is 0.948. The van der Waals surface area contributed by atoms with Gasteiger partial charge >= 0.3 is 0 Å².